The highest BCUT2D eigenvalue weighted by molar-refractivity contribution is 5.77. The fraction of sp³-hybridized carbons (Fsp3) is 0.880. The molecule has 1 aromatic rings. The van der Waals surface area contributed by atoms with Crippen molar-refractivity contribution >= 4 is 11.9 Å². The first-order valence-corrected chi connectivity index (χ1v) is 24.6. The van der Waals surface area contributed by atoms with Gasteiger partial charge in [0.1, 0.15) is 0 Å². The molecule has 322 valence electrons. The van der Waals surface area contributed by atoms with Gasteiger partial charge in [-0.2, -0.15) is 0 Å². The van der Waals surface area contributed by atoms with E-state index in [1.165, 1.54) is 205 Å². The molecule has 1 aromatic heterocycles. The van der Waals surface area contributed by atoms with Crippen molar-refractivity contribution in [3.63, 3.8) is 0 Å². The van der Waals surface area contributed by atoms with Gasteiger partial charge in [-0.25, -0.2) is 0 Å². The van der Waals surface area contributed by atoms with Crippen molar-refractivity contribution in [1.29, 1.82) is 0 Å². The van der Waals surface area contributed by atoms with Crippen LogP contribution >= 0.6 is 0 Å². The number of furan rings is 1. The molecule has 0 N–H and O–H groups in total. The first-order chi connectivity index (χ1) is 27.1. The number of rotatable bonds is 42. The Kier molecular flexibility index (Phi) is 36.4. The summed E-state index contributed by atoms with van der Waals surface area (Å²) in [4.78, 5) is 25.7. The molecule has 0 aliphatic rings. The molecule has 5 nitrogen and oxygen atoms in total. The summed E-state index contributed by atoms with van der Waals surface area (Å²) in [7, 11) is 0. The summed E-state index contributed by atoms with van der Waals surface area (Å²) < 4.78 is 17.6. The van der Waals surface area contributed by atoms with Gasteiger partial charge in [0.05, 0.1) is 0 Å². The lowest BCUT2D eigenvalue weighted by Gasteiger charge is -2.09. The third-order valence-electron chi connectivity index (χ3n) is 11.5. The van der Waals surface area contributed by atoms with Gasteiger partial charge in [0, 0.05) is 25.7 Å². The molecule has 0 unspecified atom stereocenters. The highest BCUT2D eigenvalue weighted by Gasteiger charge is 2.26. The van der Waals surface area contributed by atoms with E-state index in [0.717, 1.165) is 25.7 Å². The monoisotopic (exact) mass is 773 g/mol. The lowest BCUT2D eigenvalue weighted by molar-refractivity contribution is -0.137. The van der Waals surface area contributed by atoms with Gasteiger partial charge in [-0.1, -0.05) is 246 Å². The second-order valence-corrected chi connectivity index (χ2v) is 16.8. The quantitative estimate of drug-likeness (QED) is 0.0489. The van der Waals surface area contributed by atoms with Gasteiger partial charge in [-0.05, 0) is 12.8 Å². The van der Waals surface area contributed by atoms with Crippen LogP contribution in [0.5, 0.6) is 11.5 Å². The summed E-state index contributed by atoms with van der Waals surface area (Å²) in [5.74, 6) is 1.26. The number of ether oxygens (including phenoxy) is 2. The highest BCUT2D eigenvalue weighted by Crippen LogP contribution is 2.39. The lowest BCUT2D eigenvalue weighted by Crippen LogP contribution is -2.12. The fourth-order valence-electron chi connectivity index (χ4n) is 7.84. The maximum Gasteiger partial charge on any atom is 0.311 e. The van der Waals surface area contributed by atoms with Gasteiger partial charge in [0.25, 0.3) is 0 Å². The molecule has 0 aliphatic heterocycles. The molecule has 55 heavy (non-hydrogen) atoms. The fourth-order valence-corrected chi connectivity index (χ4v) is 7.84. The van der Waals surface area contributed by atoms with E-state index >= 15 is 0 Å². The Bertz CT molecular complexity index is 920. The van der Waals surface area contributed by atoms with Crippen LogP contribution in [0.1, 0.15) is 283 Å². The SMILES string of the molecule is CCCCCCCCCCCCCCCCCCCCC(=O)Oc1c(CC)oc(CC)c1OC(=O)CCCCCCCCCCCCCCCCCCCC. The molecular weight excluding hydrogens is 681 g/mol. The van der Waals surface area contributed by atoms with Crippen LogP contribution in [0.25, 0.3) is 0 Å². The minimum atomic E-state index is -0.268. The van der Waals surface area contributed by atoms with Crippen LogP contribution in [0.15, 0.2) is 4.42 Å². The summed E-state index contributed by atoms with van der Waals surface area (Å²) in [6.45, 7) is 8.51. The minimum absolute atomic E-state index is 0.268. The van der Waals surface area contributed by atoms with E-state index in [1.54, 1.807) is 0 Å². The second-order valence-electron chi connectivity index (χ2n) is 16.8. The van der Waals surface area contributed by atoms with E-state index < -0.39 is 0 Å². The third kappa shape index (κ3) is 30.0. The normalized spacial score (nSPS) is 11.4. The number of carbonyl (C=O) groups excluding carboxylic acids is 2. The first-order valence-electron chi connectivity index (χ1n) is 24.6. The summed E-state index contributed by atoms with van der Waals surface area (Å²) in [6, 6.07) is 0. The van der Waals surface area contributed by atoms with Crippen molar-refractivity contribution < 1.29 is 23.5 Å². The average Bonchev–Trinajstić information content (AvgIpc) is 3.51. The van der Waals surface area contributed by atoms with Gasteiger partial charge in [0.2, 0.25) is 11.5 Å². The topological polar surface area (TPSA) is 65.7 Å². The van der Waals surface area contributed by atoms with E-state index in [2.05, 4.69) is 13.8 Å². The molecule has 1 heterocycles. The zero-order chi connectivity index (χ0) is 39.9. The molecule has 0 aromatic carbocycles. The van der Waals surface area contributed by atoms with Crippen molar-refractivity contribution in [2.75, 3.05) is 0 Å². The largest absolute Gasteiger partial charge is 0.458 e. The standard InChI is InChI=1S/C50H92O5/c1-5-9-11-13-15-17-19-21-23-25-27-29-31-33-35-37-39-41-43-47(51)54-49-45(7-3)53-46(8-4)50(49)55-48(52)44-42-40-38-36-34-32-30-28-26-24-22-20-18-16-14-12-10-6-2/h5-44H2,1-4H3. The van der Waals surface area contributed by atoms with Crippen LogP contribution in [0.3, 0.4) is 0 Å². The van der Waals surface area contributed by atoms with Crippen molar-refractivity contribution in [3.8, 4) is 11.5 Å². The van der Waals surface area contributed by atoms with Crippen molar-refractivity contribution in [2.45, 2.75) is 285 Å². The predicted octanol–water partition coefficient (Wildman–Crippen LogP) is 17.1. The number of unbranched alkanes of at least 4 members (excludes halogenated alkanes) is 34. The van der Waals surface area contributed by atoms with Crippen molar-refractivity contribution in [2.24, 2.45) is 0 Å². The minimum Gasteiger partial charge on any atom is -0.458 e. The van der Waals surface area contributed by atoms with E-state index in [1.807, 2.05) is 13.8 Å². The molecule has 0 amide bonds. The molecule has 0 radical (unpaired) electrons. The highest BCUT2D eigenvalue weighted by atomic mass is 16.6. The summed E-state index contributed by atoms with van der Waals surface area (Å²) in [5.41, 5.74) is 0. The molecule has 5 heteroatoms. The molecule has 0 atom stereocenters. The Morgan fingerprint density at radius 1 is 0.327 bits per heavy atom. The molecule has 0 fully saturated rings. The lowest BCUT2D eigenvalue weighted by atomic mass is 10.0. The Balaban J connectivity index is 2.11. The Morgan fingerprint density at radius 2 is 0.527 bits per heavy atom. The molecular formula is C50H92O5. The maximum absolute atomic E-state index is 12.8. The molecule has 1 rings (SSSR count). The van der Waals surface area contributed by atoms with Gasteiger partial charge in [0.15, 0.2) is 11.5 Å². The van der Waals surface area contributed by atoms with E-state index in [9.17, 15) is 9.59 Å². The molecule has 0 aliphatic carbocycles. The smallest absolute Gasteiger partial charge is 0.311 e. The number of aryl methyl sites for hydroxylation is 2. The van der Waals surface area contributed by atoms with E-state index in [4.69, 9.17) is 13.9 Å². The Morgan fingerprint density at radius 3 is 0.727 bits per heavy atom. The number of carbonyl (C=O) groups is 2. The Hall–Kier alpha value is -1.78. The van der Waals surface area contributed by atoms with Crippen LogP contribution in [-0.2, 0) is 22.4 Å². The summed E-state index contributed by atoms with van der Waals surface area (Å²) in [6.07, 6.45) is 49.4. The van der Waals surface area contributed by atoms with Crippen molar-refractivity contribution in [3.05, 3.63) is 11.5 Å². The second kappa shape index (κ2) is 39.1. The van der Waals surface area contributed by atoms with E-state index in [-0.39, 0.29) is 11.9 Å². The number of hydrogen-bond acceptors (Lipinski definition) is 5. The average molecular weight is 773 g/mol. The van der Waals surface area contributed by atoms with Gasteiger partial charge < -0.3 is 13.9 Å². The van der Waals surface area contributed by atoms with Gasteiger partial charge >= 0.3 is 11.9 Å². The van der Waals surface area contributed by atoms with Crippen LogP contribution in [0.2, 0.25) is 0 Å². The predicted molar refractivity (Wildman–Crippen MR) is 236 cm³/mol. The molecule has 0 saturated heterocycles. The molecule has 0 spiro atoms. The maximum atomic E-state index is 12.8. The first kappa shape index (κ1) is 51.2. The van der Waals surface area contributed by atoms with Crippen LogP contribution in [-0.4, -0.2) is 11.9 Å². The van der Waals surface area contributed by atoms with Crippen molar-refractivity contribution in [1.82, 2.24) is 0 Å². The number of esters is 2. The zero-order valence-corrected chi connectivity index (χ0v) is 37.3. The molecule has 0 bridgehead atoms. The van der Waals surface area contributed by atoms with Crippen LogP contribution in [0, 0.1) is 0 Å². The van der Waals surface area contributed by atoms with E-state index in [0.29, 0.717) is 48.7 Å². The third-order valence-corrected chi connectivity index (χ3v) is 11.5. The van der Waals surface area contributed by atoms with Gasteiger partial charge in [-0.3, -0.25) is 9.59 Å². The summed E-state index contributed by atoms with van der Waals surface area (Å²) in [5, 5.41) is 0. The van der Waals surface area contributed by atoms with Crippen LogP contribution < -0.4 is 9.47 Å². The Labute approximate surface area is 342 Å². The van der Waals surface area contributed by atoms with Gasteiger partial charge in [-0.15, -0.1) is 0 Å². The summed E-state index contributed by atoms with van der Waals surface area (Å²) >= 11 is 0. The number of hydrogen-bond donors (Lipinski definition) is 0. The van der Waals surface area contributed by atoms with Crippen LogP contribution in [0.4, 0.5) is 0 Å². The zero-order valence-electron chi connectivity index (χ0n) is 37.3. The molecule has 0 saturated carbocycles.